The molecule has 1 aromatic rings. The van der Waals surface area contributed by atoms with Crippen molar-refractivity contribution in [1.29, 1.82) is 0 Å². The molecule has 0 heterocycles. The maximum Gasteiger partial charge on any atom is 0.305 e. The average molecular weight is 319 g/mol. The highest BCUT2D eigenvalue weighted by Crippen LogP contribution is 2.04. The van der Waals surface area contributed by atoms with Gasteiger partial charge in [0.15, 0.2) is 5.96 Å². The molecule has 23 heavy (non-hydrogen) atoms. The van der Waals surface area contributed by atoms with Gasteiger partial charge < -0.3 is 15.4 Å². The van der Waals surface area contributed by atoms with Gasteiger partial charge in [-0.3, -0.25) is 9.79 Å². The van der Waals surface area contributed by atoms with Crippen LogP contribution in [-0.4, -0.2) is 38.2 Å². The van der Waals surface area contributed by atoms with Gasteiger partial charge in [0.1, 0.15) is 0 Å². The highest BCUT2D eigenvalue weighted by molar-refractivity contribution is 5.80. The summed E-state index contributed by atoms with van der Waals surface area (Å²) in [6.07, 6.45) is 3.24. The van der Waals surface area contributed by atoms with E-state index in [4.69, 9.17) is 4.74 Å². The van der Waals surface area contributed by atoms with Crippen molar-refractivity contribution >= 4 is 11.9 Å². The van der Waals surface area contributed by atoms with Gasteiger partial charge in [-0.15, -0.1) is 0 Å². The van der Waals surface area contributed by atoms with Crippen LogP contribution in [0.25, 0.3) is 0 Å². The van der Waals surface area contributed by atoms with Crippen LogP contribution in [0.1, 0.15) is 38.7 Å². The lowest BCUT2D eigenvalue weighted by atomic mass is 10.1. The molecular weight excluding hydrogens is 290 g/mol. The fraction of sp³-hybridized carbons (Fsp3) is 0.556. The number of aliphatic imine (C=N–C) groups is 1. The molecule has 0 aliphatic carbocycles. The van der Waals surface area contributed by atoms with Crippen molar-refractivity contribution in [2.75, 3.05) is 20.2 Å². The molecule has 0 radical (unpaired) electrons. The maximum absolute atomic E-state index is 11.3. The maximum atomic E-state index is 11.3. The highest BCUT2D eigenvalue weighted by Gasteiger charge is 2.06. The van der Waals surface area contributed by atoms with E-state index in [1.54, 1.807) is 7.05 Å². The van der Waals surface area contributed by atoms with Gasteiger partial charge in [0.25, 0.3) is 0 Å². The summed E-state index contributed by atoms with van der Waals surface area (Å²) in [6.45, 7) is 5.10. The Morgan fingerprint density at radius 3 is 2.70 bits per heavy atom. The quantitative estimate of drug-likeness (QED) is 0.318. The summed E-state index contributed by atoms with van der Waals surface area (Å²) in [5.41, 5.74) is 1.35. The lowest BCUT2D eigenvalue weighted by molar-refractivity contribution is -0.143. The van der Waals surface area contributed by atoms with Gasteiger partial charge in [-0.25, -0.2) is 0 Å². The molecule has 1 rings (SSSR count). The van der Waals surface area contributed by atoms with E-state index in [1.807, 2.05) is 13.0 Å². The summed E-state index contributed by atoms with van der Waals surface area (Å²) in [4.78, 5) is 15.5. The van der Waals surface area contributed by atoms with Gasteiger partial charge in [0.2, 0.25) is 0 Å². The van der Waals surface area contributed by atoms with Gasteiger partial charge in [0.05, 0.1) is 6.61 Å². The number of hydrogen-bond donors (Lipinski definition) is 2. The van der Waals surface area contributed by atoms with Crippen LogP contribution in [-0.2, 0) is 16.0 Å². The Hall–Kier alpha value is -2.04. The topological polar surface area (TPSA) is 62.7 Å². The van der Waals surface area contributed by atoms with Crippen LogP contribution in [0.5, 0.6) is 0 Å². The van der Waals surface area contributed by atoms with E-state index >= 15 is 0 Å². The van der Waals surface area contributed by atoms with Crippen LogP contribution >= 0.6 is 0 Å². The standard InChI is InChI=1S/C18H29N3O2/c1-4-23-17(22)11-8-14-20-18(19-3)21-15(2)12-13-16-9-6-5-7-10-16/h5-7,9-10,15H,4,8,11-14H2,1-3H3,(H2,19,20,21). The fourth-order valence-corrected chi connectivity index (χ4v) is 2.20. The number of esters is 1. The molecule has 0 fully saturated rings. The molecule has 5 nitrogen and oxygen atoms in total. The number of benzene rings is 1. The van der Waals surface area contributed by atoms with E-state index in [-0.39, 0.29) is 5.97 Å². The zero-order chi connectivity index (χ0) is 16.9. The van der Waals surface area contributed by atoms with Crippen molar-refractivity contribution in [1.82, 2.24) is 10.6 Å². The van der Waals surface area contributed by atoms with Crippen LogP contribution in [0, 0.1) is 0 Å². The number of hydrogen-bond acceptors (Lipinski definition) is 3. The number of carbonyl (C=O) groups is 1. The second-order valence-corrected chi connectivity index (χ2v) is 5.48. The van der Waals surface area contributed by atoms with Crippen molar-refractivity contribution < 1.29 is 9.53 Å². The summed E-state index contributed by atoms with van der Waals surface area (Å²) in [7, 11) is 1.75. The van der Waals surface area contributed by atoms with Crippen LogP contribution in [0.15, 0.2) is 35.3 Å². The molecule has 1 unspecified atom stereocenters. The third-order valence-electron chi connectivity index (χ3n) is 3.47. The van der Waals surface area contributed by atoms with Gasteiger partial charge >= 0.3 is 5.97 Å². The van der Waals surface area contributed by atoms with Gasteiger partial charge in [-0.05, 0) is 38.7 Å². The Labute approximate surface area is 139 Å². The summed E-state index contributed by atoms with van der Waals surface area (Å²) < 4.78 is 4.90. The molecule has 2 N–H and O–H groups in total. The van der Waals surface area contributed by atoms with Crippen LogP contribution in [0.3, 0.4) is 0 Å². The first kappa shape index (κ1) is 19.0. The van der Waals surface area contributed by atoms with E-state index in [0.717, 1.165) is 25.2 Å². The molecule has 0 aliphatic heterocycles. The molecule has 128 valence electrons. The molecule has 0 amide bonds. The minimum atomic E-state index is -0.145. The fourth-order valence-electron chi connectivity index (χ4n) is 2.20. The SMILES string of the molecule is CCOC(=O)CCCNC(=NC)NC(C)CCc1ccccc1. The minimum Gasteiger partial charge on any atom is -0.466 e. The number of carbonyl (C=O) groups excluding carboxylic acids is 1. The van der Waals surface area contributed by atoms with E-state index in [0.29, 0.717) is 25.6 Å². The van der Waals surface area contributed by atoms with Crippen molar-refractivity contribution in [3.63, 3.8) is 0 Å². The summed E-state index contributed by atoms with van der Waals surface area (Å²) >= 11 is 0. The number of guanidine groups is 1. The lowest BCUT2D eigenvalue weighted by Crippen LogP contribution is -2.42. The third-order valence-corrected chi connectivity index (χ3v) is 3.47. The van der Waals surface area contributed by atoms with E-state index < -0.39 is 0 Å². The van der Waals surface area contributed by atoms with E-state index in [9.17, 15) is 4.79 Å². The smallest absolute Gasteiger partial charge is 0.305 e. The third kappa shape index (κ3) is 8.86. The molecule has 0 saturated heterocycles. The Balaban J connectivity index is 2.20. The first-order valence-electron chi connectivity index (χ1n) is 8.32. The summed E-state index contributed by atoms with van der Waals surface area (Å²) in [5, 5.41) is 6.60. The van der Waals surface area contributed by atoms with E-state index in [1.165, 1.54) is 5.56 Å². The number of nitrogens with zero attached hydrogens (tertiary/aromatic N) is 1. The molecule has 0 aliphatic rings. The summed E-state index contributed by atoms with van der Waals surface area (Å²) in [6, 6.07) is 10.8. The largest absolute Gasteiger partial charge is 0.466 e. The Morgan fingerprint density at radius 1 is 1.30 bits per heavy atom. The van der Waals surface area contributed by atoms with Gasteiger partial charge in [-0.2, -0.15) is 0 Å². The normalized spacial score (nSPS) is 12.6. The molecule has 5 heteroatoms. The zero-order valence-electron chi connectivity index (χ0n) is 14.5. The Bertz CT molecular complexity index is 474. The minimum absolute atomic E-state index is 0.145. The zero-order valence-corrected chi connectivity index (χ0v) is 14.5. The number of aryl methyl sites for hydroxylation is 1. The molecule has 1 aromatic carbocycles. The number of nitrogens with one attached hydrogen (secondary N) is 2. The molecule has 0 saturated carbocycles. The summed E-state index contributed by atoms with van der Waals surface area (Å²) in [5.74, 6) is 0.628. The first-order valence-corrected chi connectivity index (χ1v) is 8.32. The number of rotatable bonds is 9. The predicted octanol–water partition coefficient (Wildman–Crippen LogP) is 2.52. The average Bonchev–Trinajstić information content (AvgIpc) is 2.57. The Morgan fingerprint density at radius 2 is 2.04 bits per heavy atom. The van der Waals surface area contributed by atoms with Gasteiger partial charge in [0, 0.05) is 26.1 Å². The number of ether oxygens (including phenoxy) is 1. The Kier molecular flexibility index (Phi) is 9.52. The van der Waals surface area contributed by atoms with Crippen molar-refractivity contribution in [3.8, 4) is 0 Å². The van der Waals surface area contributed by atoms with Crippen molar-refractivity contribution in [2.45, 2.75) is 45.6 Å². The molecule has 0 bridgehead atoms. The predicted molar refractivity (Wildman–Crippen MR) is 94.6 cm³/mol. The first-order chi connectivity index (χ1) is 11.2. The lowest BCUT2D eigenvalue weighted by Gasteiger charge is -2.18. The van der Waals surface area contributed by atoms with Crippen molar-refractivity contribution in [2.24, 2.45) is 4.99 Å². The second-order valence-electron chi connectivity index (χ2n) is 5.48. The highest BCUT2D eigenvalue weighted by atomic mass is 16.5. The van der Waals surface area contributed by atoms with Crippen LogP contribution < -0.4 is 10.6 Å². The van der Waals surface area contributed by atoms with Crippen LogP contribution in [0.2, 0.25) is 0 Å². The van der Waals surface area contributed by atoms with Crippen LogP contribution in [0.4, 0.5) is 0 Å². The molecule has 1 atom stereocenters. The van der Waals surface area contributed by atoms with Gasteiger partial charge in [-0.1, -0.05) is 30.3 Å². The second kappa shape index (κ2) is 11.5. The molecule has 0 aromatic heterocycles. The molecule has 0 spiro atoms. The molecular formula is C18H29N3O2. The van der Waals surface area contributed by atoms with Crippen molar-refractivity contribution in [3.05, 3.63) is 35.9 Å². The van der Waals surface area contributed by atoms with E-state index in [2.05, 4.69) is 46.8 Å². The monoisotopic (exact) mass is 319 g/mol.